The summed E-state index contributed by atoms with van der Waals surface area (Å²) >= 11 is 0. The van der Waals surface area contributed by atoms with E-state index in [9.17, 15) is 18.0 Å². The molecule has 36 heavy (non-hydrogen) atoms. The van der Waals surface area contributed by atoms with Crippen LogP contribution in [0.25, 0.3) is 0 Å². The molecule has 188 valence electrons. The highest BCUT2D eigenvalue weighted by Gasteiger charge is 2.30. The third-order valence-corrected chi connectivity index (χ3v) is 5.71. The standard InChI is InChI=1S/C27H26F3N3O3/c1-18-8-9-19(2)21(11-18)15-33(14-20-5-3-6-22(12-20)27(28,29)30)16-25-32-24(17-36-25)26(34)31-13-23-7-4-10-35-23/h3-12,17H,13-16H2,1-2H3,(H,31,34). The van der Waals surface area contributed by atoms with Gasteiger partial charge in [0.2, 0.25) is 5.89 Å². The minimum Gasteiger partial charge on any atom is -0.467 e. The molecule has 0 saturated heterocycles. The lowest BCUT2D eigenvalue weighted by Gasteiger charge is -2.23. The summed E-state index contributed by atoms with van der Waals surface area (Å²) in [4.78, 5) is 18.7. The van der Waals surface area contributed by atoms with Crippen LogP contribution in [0.2, 0.25) is 0 Å². The predicted molar refractivity (Wildman–Crippen MR) is 127 cm³/mol. The number of aryl methyl sites for hydroxylation is 2. The van der Waals surface area contributed by atoms with Gasteiger partial charge in [0.15, 0.2) is 5.69 Å². The first kappa shape index (κ1) is 25.2. The fourth-order valence-electron chi connectivity index (χ4n) is 3.83. The third kappa shape index (κ3) is 6.63. The summed E-state index contributed by atoms with van der Waals surface area (Å²) in [5.74, 6) is 0.476. The molecule has 0 atom stereocenters. The van der Waals surface area contributed by atoms with E-state index in [1.807, 2.05) is 30.9 Å². The van der Waals surface area contributed by atoms with Crippen LogP contribution in [0.4, 0.5) is 13.2 Å². The molecule has 0 bridgehead atoms. The molecule has 2 aromatic carbocycles. The summed E-state index contributed by atoms with van der Waals surface area (Å²) in [6.07, 6.45) is -1.63. The minimum atomic E-state index is -4.42. The highest BCUT2D eigenvalue weighted by Crippen LogP contribution is 2.30. The zero-order valence-electron chi connectivity index (χ0n) is 19.9. The maximum Gasteiger partial charge on any atom is 0.416 e. The number of carbonyl (C=O) groups excluding carboxylic acids is 1. The Morgan fingerprint density at radius 3 is 2.58 bits per heavy atom. The molecule has 0 aliphatic rings. The Bertz CT molecular complexity index is 1310. The average molecular weight is 498 g/mol. The number of furan rings is 1. The Hall–Kier alpha value is -3.85. The Morgan fingerprint density at radius 1 is 1.00 bits per heavy atom. The Balaban J connectivity index is 1.52. The molecule has 2 aromatic heterocycles. The minimum absolute atomic E-state index is 0.113. The third-order valence-electron chi connectivity index (χ3n) is 5.71. The van der Waals surface area contributed by atoms with Crippen LogP contribution in [-0.4, -0.2) is 15.8 Å². The van der Waals surface area contributed by atoms with Crippen LogP contribution < -0.4 is 5.32 Å². The summed E-state index contributed by atoms with van der Waals surface area (Å²) < 4.78 is 50.5. The van der Waals surface area contributed by atoms with Crippen molar-refractivity contribution in [3.05, 3.63) is 112 Å². The van der Waals surface area contributed by atoms with Gasteiger partial charge in [0.1, 0.15) is 12.0 Å². The molecule has 0 aliphatic carbocycles. The molecule has 2 heterocycles. The van der Waals surface area contributed by atoms with Crippen LogP contribution in [-0.2, 0) is 32.4 Å². The van der Waals surface area contributed by atoms with E-state index in [4.69, 9.17) is 8.83 Å². The van der Waals surface area contributed by atoms with E-state index >= 15 is 0 Å². The molecule has 0 saturated carbocycles. The van der Waals surface area contributed by atoms with E-state index in [0.717, 1.165) is 28.8 Å². The second kappa shape index (κ2) is 10.8. The van der Waals surface area contributed by atoms with Crippen LogP contribution in [0.5, 0.6) is 0 Å². The van der Waals surface area contributed by atoms with Crippen LogP contribution in [0.15, 0.2) is 76.0 Å². The molecule has 0 aliphatic heterocycles. The second-order valence-corrected chi connectivity index (χ2v) is 8.66. The van der Waals surface area contributed by atoms with E-state index in [1.54, 1.807) is 18.2 Å². The van der Waals surface area contributed by atoms with Crippen molar-refractivity contribution in [1.29, 1.82) is 0 Å². The highest BCUT2D eigenvalue weighted by atomic mass is 19.4. The summed E-state index contributed by atoms with van der Waals surface area (Å²) in [7, 11) is 0. The Morgan fingerprint density at radius 2 is 1.83 bits per heavy atom. The van der Waals surface area contributed by atoms with Crippen molar-refractivity contribution in [2.75, 3.05) is 0 Å². The topological polar surface area (TPSA) is 71.5 Å². The molecule has 9 heteroatoms. The largest absolute Gasteiger partial charge is 0.467 e. The highest BCUT2D eigenvalue weighted by molar-refractivity contribution is 5.91. The number of carbonyl (C=O) groups is 1. The van der Waals surface area contributed by atoms with Crippen molar-refractivity contribution < 1.29 is 26.8 Å². The van der Waals surface area contributed by atoms with Crippen molar-refractivity contribution in [1.82, 2.24) is 15.2 Å². The van der Waals surface area contributed by atoms with Gasteiger partial charge in [-0.05, 0) is 48.7 Å². The molecule has 4 rings (SSSR count). The lowest BCUT2D eigenvalue weighted by atomic mass is 10.0. The normalized spacial score (nSPS) is 11.7. The van der Waals surface area contributed by atoms with Crippen molar-refractivity contribution in [3.8, 4) is 0 Å². The number of alkyl halides is 3. The van der Waals surface area contributed by atoms with Gasteiger partial charge < -0.3 is 14.2 Å². The Labute approximate surface area is 206 Å². The van der Waals surface area contributed by atoms with Crippen molar-refractivity contribution >= 4 is 5.91 Å². The fraction of sp³-hybridized carbons (Fsp3) is 0.259. The van der Waals surface area contributed by atoms with Gasteiger partial charge >= 0.3 is 6.18 Å². The monoisotopic (exact) mass is 497 g/mol. The molecule has 0 fully saturated rings. The maximum absolute atomic E-state index is 13.2. The molecule has 0 radical (unpaired) electrons. The first-order valence-electron chi connectivity index (χ1n) is 11.4. The van der Waals surface area contributed by atoms with Crippen molar-refractivity contribution in [2.24, 2.45) is 0 Å². The van der Waals surface area contributed by atoms with Gasteiger partial charge in [-0.15, -0.1) is 0 Å². The quantitative estimate of drug-likeness (QED) is 0.306. The fourth-order valence-corrected chi connectivity index (χ4v) is 3.83. The van der Waals surface area contributed by atoms with Crippen LogP contribution in [0, 0.1) is 13.8 Å². The predicted octanol–water partition coefficient (Wildman–Crippen LogP) is 6.04. The maximum atomic E-state index is 13.2. The van der Waals surface area contributed by atoms with Crippen LogP contribution in [0.1, 0.15) is 50.0 Å². The van der Waals surface area contributed by atoms with Gasteiger partial charge in [0.25, 0.3) is 5.91 Å². The first-order chi connectivity index (χ1) is 17.2. The second-order valence-electron chi connectivity index (χ2n) is 8.66. The summed E-state index contributed by atoms with van der Waals surface area (Å²) in [5, 5.41) is 2.71. The Kier molecular flexibility index (Phi) is 7.59. The number of nitrogens with one attached hydrogen (secondary N) is 1. The molecule has 4 aromatic rings. The number of benzene rings is 2. The van der Waals surface area contributed by atoms with Crippen LogP contribution in [0.3, 0.4) is 0 Å². The lowest BCUT2D eigenvalue weighted by Crippen LogP contribution is -2.24. The average Bonchev–Trinajstić information content (AvgIpc) is 3.52. The smallest absolute Gasteiger partial charge is 0.416 e. The first-order valence-corrected chi connectivity index (χ1v) is 11.4. The number of rotatable bonds is 9. The molecule has 1 N–H and O–H groups in total. The van der Waals surface area contributed by atoms with E-state index < -0.39 is 17.6 Å². The molecular weight excluding hydrogens is 471 g/mol. The van der Waals surface area contributed by atoms with Gasteiger partial charge in [0.05, 0.1) is 24.9 Å². The number of hydrogen-bond acceptors (Lipinski definition) is 5. The van der Waals surface area contributed by atoms with Gasteiger partial charge in [0, 0.05) is 13.1 Å². The lowest BCUT2D eigenvalue weighted by molar-refractivity contribution is -0.137. The van der Waals surface area contributed by atoms with Gasteiger partial charge in [-0.2, -0.15) is 13.2 Å². The summed E-state index contributed by atoms with van der Waals surface area (Å²) in [6, 6.07) is 14.8. The van der Waals surface area contributed by atoms with Gasteiger partial charge in [-0.1, -0.05) is 42.0 Å². The number of aromatic nitrogens is 1. The molecule has 6 nitrogen and oxygen atoms in total. The molecular formula is C27H26F3N3O3. The summed E-state index contributed by atoms with van der Waals surface area (Å²) in [6.45, 7) is 5.09. The van der Waals surface area contributed by atoms with Crippen molar-refractivity contribution in [3.63, 3.8) is 0 Å². The van der Waals surface area contributed by atoms with E-state index in [2.05, 4.69) is 16.4 Å². The molecule has 0 spiro atoms. The number of halogens is 3. The zero-order valence-corrected chi connectivity index (χ0v) is 19.9. The van der Waals surface area contributed by atoms with Gasteiger partial charge in [-0.3, -0.25) is 9.69 Å². The van der Waals surface area contributed by atoms with E-state index in [0.29, 0.717) is 17.9 Å². The van der Waals surface area contributed by atoms with E-state index in [-0.39, 0.29) is 31.2 Å². The van der Waals surface area contributed by atoms with E-state index in [1.165, 1.54) is 18.6 Å². The summed E-state index contributed by atoms with van der Waals surface area (Å²) in [5.41, 5.74) is 3.13. The number of amides is 1. The zero-order chi connectivity index (χ0) is 25.7. The number of hydrogen-bond donors (Lipinski definition) is 1. The molecule has 1 amide bonds. The SMILES string of the molecule is Cc1ccc(C)c(CN(Cc2cccc(C(F)(F)F)c2)Cc2nc(C(=O)NCc3ccco3)co2)c1. The van der Waals surface area contributed by atoms with Crippen molar-refractivity contribution in [2.45, 2.75) is 46.2 Å². The van der Waals surface area contributed by atoms with Crippen LogP contribution >= 0.6 is 0 Å². The number of nitrogens with zero attached hydrogens (tertiary/aromatic N) is 2. The molecule has 0 unspecified atom stereocenters. The number of oxazole rings is 1. The van der Waals surface area contributed by atoms with Gasteiger partial charge in [-0.25, -0.2) is 4.98 Å².